The van der Waals surface area contributed by atoms with Crippen LogP contribution in [0.2, 0.25) is 0 Å². The molecular formula is C28H28N4O3. The Balaban J connectivity index is 1.16. The van der Waals surface area contributed by atoms with E-state index in [0.717, 1.165) is 46.4 Å². The van der Waals surface area contributed by atoms with Crippen LogP contribution in [0.25, 0.3) is 10.9 Å². The van der Waals surface area contributed by atoms with Crippen molar-refractivity contribution in [1.29, 1.82) is 0 Å². The number of anilines is 1. The van der Waals surface area contributed by atoms with Gasteiger partial charge >= 0.3 is 0 Å². The van der Waals surface area contributed by atoms with Crippen LogP contribution in [-0.2, 0) is 29.2 Å². The summed E-state index contributed by atoms with van der Waals surface area (Å²) in [5.41, 5.74) is 3.69. The van der Waals surface area contributed by atoms with Gasteiger partial charge < -0.3 is 15.0 Å². The SMILES string of the molecule is O=C(Cc1ccc(OCc2ccccc2)cc1)Nc1ccc2cnn(CCN3CCCC3=O)c2c1. The van der Waals surface area contributed by atoms with Gasteiger partial charge in [0.1, 0.15) is 12.4 Å². The molecule has 35 heavy (non-hydrogen) atoms. The molecule has 0 unspecified atom stereocenters. The Morgan fingerprint density at radius 3 is 2.57 bits per heavy atom. The van der Waals surface area contributed by atoms with Gasteiger partial charge in [-0.25, -0.2) is 0 Å². The maximum atomic E-state index is 12.7. The average molecular weight is 469 g/mol. The highest BCUT2D eigenvalue weighted by Gasteiger charge is 2.19. The van der Waals surface area contributed by atoms with E-state index in [1.807, 2.05) is 88.6 Å². The van der Waals surface area contributed by atoms with Crippen molar-refractivity contribution in [2.45, 2.75) is 32.4 Å². The number of benzene rings is 3. The number of aromatic nitrogens is 2. The molecule has 1 N–H and O–H groups in total. The topological polar surface area (TPSA) is 76.5 Å². The predicted molar refractivity (Wildman–Crippen MR) is 135 cm³/mol. The van der Waals surface area contributed by atoms with Crippen LogP contribution >= 0.6 is 0 Å². The summed E-state index contributed by atoms with van der Waals surface area (Å²) in [6, 6.07) is 23.4. The van der Waals surface area contributed by atoms with Gasteiger partial charge in [0.25, 0.3) is 0 Å². The summed E-state index contributed by atoms with van der Waals surface area (Å²) in [4.78, 5) is 26.4. The van der Waals surface area contributed by atoms with Gasteiger partial charge in [-0.1, -0.05) is 42.5 Å². The molecule has 1 aliphatic rings. The van der Waals surface area contributed by atoms with Crippen molar-refractivity contribution in [3.63, 3.8) is 0 Å². The molecule has 1 aromatic heterocycles. The van der Waals surface area contributed by atoms with E-state index < -0.39 is 0 Å². The molecule has 0 saturated carbocycles. The lowest BCUT2D eigenvalue weighted by Gasteiger charge is -2.15. The van der Waals surface area contributed by atoms with Crippen LogP contribution in [0.4, 0.5) is 5.69 Å². The Kier molecular flexibility index (Phi) is 6.75. The molecule has 0 spiro atoms. The number of amides is 2. The van der Waals surface area contributed by atoms with Gasteiger partial charge in [0, 0.05) is 30.6 Å². The van der Waals surface area contributed by atoms with Gasteiger partial charge in [0.2, 0.25) is 11.8 Å². The van der Waals surface area contributed by atoms with Crippen molar-refractivity contribution < 1.29 is 14.3 Å². The molecule has 0 radical (unpaired) electrons. The summed E-state index contributed by atoms with van der Waals surface area (Å²) < 4.78 is 7.71. The Morgan fingerprint density at radius 1 is 0.971 bits per heavy atom. The van der Waals surface area contributed by atoms with Gasteiger partial charge in [0.15, 0.2) is 0 Å². The number of fused-ring (bicyclic) bond motifs is 1. The molecule has 0 aliphatic carbocycles. The number of hydrogen-bond acceptors (Lipinski definition) is 4. The first-order valence-corrected chi connectivity index (χ1v) is 11.9. The van der Waals surface area contributed by atoms with E-state index in [-0.39, 0.29) is 18.2 Å². The first kappa shape index (κ1) is 22.7. The third-order valence-corrected chi connectivity index (χ3v) is 6.22. The maximum absolute atomic E-state index is 12.7. The third-order valence-electron chi connectivity index (χ3n) is 6.22. The van der Waals surface area contributed by atoms with Crippen LogP contribution < -0.4 is 10.1 Å². The van der Waals surface area contributed by atoms with Crippen molar-refractivity contribution in [3.8, 4) is 5.75 Å². The number of rotatable bonds is 9. The summed E-state index contributed by atoms with van der Waals surface area (Å²) >= 11 is 0. The molecule has 7 heteroatoms. The van der Waals surface area contributed by atoms with Crippen molar-refractivity contribution in [2.75, 3.05) is 18.4 Å². The van der Waals surface area contributed by atoms with E-state index in [0.29, 0.717) is 26.1 Å². The summed E-state index contributed by atoms with van der Waals surface area (Å²) in [6.45, 7) is 2.61. The number of carbonyl (C=O) groups is 2. The quantitative estimate of drug-likeness (QED) is 0.395. The fourth-order valence-electron chi connectivity index (χ4n) is 4.32. The lowest BCUT2D eigenvalue weighted by Crippen LogP contribution is -2.28. The van der Waals surface area contributed by atoms with Crippen molar-refractivity contribution in [1.82, 2.24) is 14.7 Å². The number of carbonyl (C=O) groups excluding carboxylic acids is 2. The first-order valence-electron chi connectivity index (χ1n) is 11.9. The molecule has 7 nitrogen and oxygen atoms in total. The Labute approximate surface area is 204 Å². The van der Waals surface area contributed by atoms with Crippen LogP contribution in [0.3, 0.4) is 0 Å². The van der Waals surface area contributed by atoms with E-state index in [9.17, 15) is 9.59 Å². The maximum Gasteiger partial charge on any atom is 0.228 e. The molecule has 1 saturated heterocycles. The second-order valence-electron chi connectivity index (χ2n) is 8.77. The summed E-state index contributed by atoms with van der Waals surface area (Å²) in [5, 5.41) is 8.46. The molecule has 0 atom stereocenters. The normalized spacial score (nSPS) is 13.4. The number of hydrogen-bond donors (Lipinski definition) is 1. The predicted octanol–water partition coefficient (Wildman–Crippen LogP) is 4.42. The zero-order valence-electron chi connectivity index (χ0n) is 19.5. The lowest BCUT2D eigenvalue weighted by atomic mass is 10.1. The average Bonchev–Trinajstić information content (AvgIpc) is 3.48. The van der Waals surface area contributed by atoms with Crippen LogP contribution in [0.1, 0.15) is 24.0 Å². The second-order valence-corrected chi connectivity index (χ2v) is 8.77. The van der Waals surface area contributed by atoms with Gasteiger partial charge in [-0.05, 0) is 47.9 Å². The Bertz CT molecular complexity index is 1320. The molecule has 0 bridgehead atoms. The monoisotopic (exact) mass is 468 g/mol. The minimum absolute atomic E-state index is 0.0870. The summed E-state index contributed by atoms with van der Waals surface area (Å²) in [7, 11) is 0. The zero-order valence-corrected chi connectivity index (χ0v) is 19.5. The highest BCUT2D eigenvalue weighted by molar-refractivity contribution is 5.94. The fraction of sp³-hybridized carbons (Fsp3) is 0.250. The van der Waals surface area contributed by atoms with Crippen LogP contribution in [-0.4, -0.2) is 39.6 Å². The fourth-order valence-corrected chi connectivity index (χ4v) is 4.32. The second kappa shape index (κ2) is 10.4. The number of nitrogens with zero attached hydrogens (tertiary/aromatic N) is 3. The highest BCUT2D eigenvalue weighted by Crippen LogP contribution is 2.20. The molecular weight excluding hydrogens is 440 g/mol. The zero-order chi connectivity index (χ0) is 24.0. The van der Waals surface area contributed by atoms with E-state index in [4.69, 9.17) is 4.74 Å². The molecule has 1 aliphatic heterocycles. The van der Waals surface area contributed by atoms with Crippen LogP contribution in [0.15, 0.2) is 79.0 Å². The molecule has 3 aromatic carbocycles. The number of nitrogens with one attached hydrogen (secondary N) is 1. The van der Waals surface area contributed by atoms with E-state index in [1.54, 1.807) is 0 Å². The third kappa shape index (κ3) is 5.69. The van der Waals surface area contributed by atoms with Gasteiger partial charge in [-0.2, -0.15) is 5.10 Å². The highest BCUT2D eigenvalue weighted by atomic mass is 16.5. The summed E-state index contributed by atoms with van der Waals surface area (Å²) in [6.07, 6.45) is 3.65. The van der Waals surface area contributed by atoms with Crippen LogP contribution in [0.5, 0.6) is 5.75 Å². The summed E-state index contributed by atoms with van der Waals surface area (Å²) in [5.74, 6) is 0.897. The van der Waals surface area contributed by atoms with E-state index in [1.165, 1.54) is 0 Å². The van der Waals surface area contributed by atoms with E-state index in [2.05, 4.69) is 10.4 Å². The minimum Gasteiger partial charge on any atom is -0.489 e. The van der Waals surface area contributed by atoms with Crippen molar-refractivity contribution >= 4 is 28.4 Å². The number of likely N-dealkylation sites (tertiary alicyclic amines) is 1. The molecule has 2 amide bonds. The molecule has 5 rings (SSSR count). The van der Waals surface area contributed by atoms with Gasteiger partial charge in [-0.3, -0.25) is 14.3 Å². The Hall–Kier alpha value is -4.13. The van der Waals surface area contributed by atoms with Crippen molar-refractivity contribution in [2.24, 2.45) is 0 Å². The molecule has 2 heterocycles. The van der Waals surface area contributed by atoms with E-state index >= 15 is 0 Å². The van der Waals surface area contributed by atoms with Crippen LogP contribution in [0, 0.1) is 0 Å². The lowest BCUT2D eigenvalue weighted by molar-refractivity contribution is -0.127. The minimum atomic E-state index is -0.0870. The largest absolute Gasteiger partial charge is 0.489 e. The molecule has 1 fully saturated rings. The first-order chi connectivity index (χ1) is 17.1. The van der Waals surface area contributed by atoms with Gasteiger partial charge in [-0.15, -0.1) is 0 Å². The van der Waals surface area contributed by atoms with Crippen molar-refractivity contribution in [3.05, 3.63) is 90.1 Å². The number of ether oxygens (including phenoxy) is 1. The molecule has 178 valence electrons. The standard InChI is InChI=1S/C28H28N4O3/c33-27(17-21-8-12-25(13-9-21)35-20-22-5-2-1-3-6-22)30-24-11-10-23-19-29-32(26(23)18-24)16-15-31-14-4-7-28(31)34/h1-3,5-6,8-13,18-19H,4,7,14-17,20H2,(H,30,33). The Morgan fingerprint density at radius 2 is 1.80 bits per heavy atom. The smallest absolute Gasteiger partial charge is 0.228 e. The van der Waals surface area contributed by atoms with Gasteiger partial charge in [0.05, 0.1) is 24.7 Å². The molecule has 4 aromatic rings.